The second-order valence-corrected chi connectivity index (χ2v) is 9.53. The molecule has 0 atom stereocenters. The molecule has 2 aliphatic rings. The lowest BCUT2D eigenvalue weighted by molar-refractivity contribution is -0.142. The lowest BCUT2D eigenvalue weighted by Crippen LogP contribution is -2.53. The Bertz CT molecular complexity index is 1440. The van der Waals surface area contributed by atoms with E-state index in [1.54, 1.807) is 30.7 Å². The molecule has 9 heteroatoms. The van der Waals surface area contributed by atoms with Crippen LogP contribution in [0.3, 0.4) is 0 Å². The number of carbonyl (C=O) groups is 2. The summed E-state index contributed by atoms with van der Waals surface area (Å²) in [7, 11) is 0. The molecule has 0 spiro atoms. The van der Waals surface area contributed by atoms with Gasteiger partial charge in [-0.1, -0.05) is 30.2 Å². The van der Waals surface area contributed by atoms with Gasteiger partial charge in [-0.2, -0.15) is 0 Å². The molecule has 2 amide bonds. The van der Waals surface area contributed by atoms with Crippen LogP contribution < -0.4 is 5.32 Å². The molecule has 0 bridgehead atoms. The summed E-state index contributed by atoms with van der Waals surface area (Å²) >= 11 is 6.07. The van der Waals surface area contributed by atoms with Crippen molar-refractivity contribution in [1.29, 1.82) is 0 Å². The van der Waals surface area contributed by atoms with Crippen LogP contribution in [0.4, 0.5) is 5.69 Å². The lowest BCUT2D eigenvalue weighted by Gasteiger charge is -2.45. The minimum absolute atomic E-state index is 0.128. The number of hydrogen-bond donors (Lipinski definition) is 1. The molecule has 6 rings (SSSR count). The van der Waals surface area contributed by atoms with E-state index in [2.05, 4.69) is 20.3 Å². The Balaban J connectivity index is 1.19. The van der Waals surface area contributed by atoms with Gasteiger partial charge in [-0.3, -0.25) is 19.6 Å². The number of nitrogens with one attached hydrogen (secondary N) is 1. The van der Waals surface area contributed by atoms with Crippen LogP contribution in [0.2, 0.25) is 5.02 Å². The molecule has 176 valence electrons. The van der Waals surface area contributed by atoms with Gasteiger partial charge < -0.3 is 14.8 Å². The minimum atomic E-state index is -0.488. The zero-order valence-electron chi connectivity index (χ0n) is 18.9. The number of halogens is 1. The lowest BCUT2D eigenvalue weighted by atomic mass is 9.63. The van der Waals surface area contributed by atoms with Gasteiger partial charge in [0.05, 0.1) is 29.2 Å². The van der Waals surface area contributed by atoms with Crippen LogP contribution in [0.15, 0.2) is 61.1 Å². The second kappa shape index (κ2) is 8.46. The fourth-order valence-electron chi connectivity index (χ4n) is 5.08. The largest absolute Gasteiger partial charge is 0.333 e. The predicted octanol–water partition coefficient (Wildman–Crippen LogP) is 4.20. The van der Waals surface area contributed by atoms with Crippen LogP contribution in [0.25, 0.3) is 11.0 Å². The Morgan fingerprint density at radius 3 is 2.46 bits per heavy atom. The third kappa shape index (κ3) is 3.74. The molecular formula is C26H23ClN6O2. The normalized spacial score (nSPS) is 16.4. The molecule has 1 fully saturated rings. The van der Waals surface area contributed by atoms with E-state index in [0.29, 0.717) is 47.4 Å². The first-order valence-corrected chi connectivity index (χ1v) is 12.0. The van der Waals surface area contributed by atoms with E-state index in [0.717, 1.165) is 30.3 Å². The summed E-state index contributed by atoms with van der Waals surface area (Å²) < 4.78 is 1.90. The molecule has 2 aromatic carbocycles. The van der Waals surface area contributed by atoms with E-state index in [1.807, 2.05) is 39.8 Å². The highest BCUT2D eigenvalue weighted by Crippen LogP contribution is 2.46. The average molecular weight is 487 g/mol. The molecule has 1 aliphatic carbocycles. The monoisotopic (exact) mass is 486 g/mol. The van der Waals surface area contributed by atoms with Crippen molar-refractivity contribution in [2.45, 2.75) is 37.8 Å². The van der Waals surface area contributed by atoms with E-state index < -0.39 is 5.41 Å². The van der Waals surface area contributed by atoms with E-state index in [9.17, 15) is 9.59 Å². The van der Waals surface area contributed by atoms with Gasteiger partial charge in [-0.25, -0.2) is 4.98 Å². The van der Waals surface area contributed by atoms with Crippen molar-refractivity contribution < 1.29 is 9.59 Å². The van der Waals surface area contributed by atoms with E-state index in [-0.39, 0.29) is 11.8 Å². The second-order valence-electron chi connectivity index (χ2n) is 9.09. The van der Waals surface area contributed by atoms with Crippen LogP contribution in [-0.2, 0) is 23.3 Å². The standard InChI is InChI=1S/C26H23ClN6O2/c27-18-4-2-17(3-5-18)26(8-1-9-26)25(35)32-12-13-33-22(15-30-23(33)16-32)24(34)31-19-6-7-20-21(14-19)29-11-10-28-20/h2-7,10-11,14-15H,1,8-9,12-13,16H2,(H,31,34). The smallest absolute Gasteiger partial charge is 0.273 e. The van der Waals surface area contributed by atoms with Crippen LogP contribution in [0.1, 0.15) is 41.1 Å². The number of imidazole rings is 1. The van der Waals surface area contributed by atoms with Gasteiger partial charge in [0.2, 0.25) is 5.91 Å². The van der Waals surface area contributed by atoms with E-state index in [4.69, 9.17) is 11.6 Å². The van der Waals surface area contributed by atoms with Crippen molar-refractivity contribution in [2.24, 2.45) is 0 Å². The molecule has 4 aromatic rings. The molecule has 0 radical (unpaired) electrons. The molecule has 1 aliphatic heterocycles. The van der Waals surface area contributed by atoms with Crippen molar-refractivity contribution in [3.05, 3.63) is 83.2 Å². The maximum absolute atomic E-state index is 13.7. The van der Waals surface area contributed by atoms with Gasteiger partial charge in [-0.15, -0.1) is 0 Å². The van der Waals surface area contributed by atoms with Crippen molar-refractivity contribution in [3.8, 4) is 0 Å². The highest BCUT2D eigenvalue weighted by molar-refractivity contribution is 6.30. The van der Waals surface area contributed by atoms with Crippen molar-refractivity contribution in [2.75, 3.05) is 11.9 Å². The number of carbonyl (C=O) groups excluding carboxylic acids is 2. The Morgan fingerprint density at radius 2 is 1.71 bits per heavy atom. The number of benzene rings is 2. The summed E-state index contributed by atoms with van der Waals surface area (Å²) in [5, 5.41) is 3.60. The first-order valence-electron chi connectivity index (χ1n) is 11.7. The summed E-state index contributed by atoms with van der Waals surface area (Å²) in [5.74, 6) is 0.594. The van der Waals surface area contributed by atoms with Crippen LogP contribution in [-0.4, -0.2) is 42.8 Å². The number of rotatable bonds is 4. The van der Waals surface area contributed by atoms with Crippen LogP contribution >= 0.6 is 11.6 Å². The number of fused-ring (bicyclic) bond motifs is 2. The summed E-state index contributed by atoms with van der Waals surface area (Å²) in [6, 6.07) is 13.0. The quantitative estimate of drug-likeness (QED) is 0.466. The Kier molecular flexibility index (Phi) is 5.25. The topological polar surface area (TPSA) is 93.0 Å². The Hall–Kier alpha value is -3.78. The van der Waals surface area contributed by atoms with Crippen LogP contribution in [0, 0.1) is 0 Å². The van der Waals surface area contributed by atoms with Gasteiger partial charge in [0, 0.05) is 36.2 Å². The molecule has 0 unspecified atom stereocenters. The van der Waals surface area contributed by atoms with Gasteiger partial charge in [0.15, 0.2) is 0 Å². The third-order valence-corrected chi connectivity index (χ3v) is 7.38. The molecule has 0 saturated heterocycles. The van der Waals surface area contributed by atoms with Gasteiger partial charge >= 0.3 is 0 Å². The van der Waals surface area contributed by atoms with E-state index in [1.165, 1.54) is 0 Å². The summed E-state index contributed by atoms with van der Waals surface area (Å²) in [6.45, 7) is 1.43. The molecular weight excluding hydrogens is 464 g/mol. The summed E-state index contributed by atoms with van der Waals surface area (Å²) in [6.07, 6.45) is 7.54. The highest BCUT2D eigenvalue weighted by atomic mass is 35.5. The van der Waals surface area contributed by atoms with Gasteiger partial charge in [0.25, 0.3) is 5.91 Å². The highest BCUT2D eigenvalue weighted by Gasteiger charge is 2.48. The minimum Gasteiger partial charge on any atom is -0.333 e. The molecule has 1 saturated carbocycles. The van der Waals surface area contributed by atoms with Crippen molar-refractivity contribution >= 4 is 40.1 Å². The number of amides is 2. The Labute approximate surface area is 207 Å². The number of aromatic nitrogens is 4. The summed E-state index contributed by atoms with van der Waals surface area (Å²) in [5.41, 5.74) is 3.12. The summed E-state index contributed by atoms with van der Waals surface area (Å²) in [4.78, 5) is 41.6. The molecule has 8 nitrogen and oxygen atoms in total. The number of anilines is 1. The third-order valence-electron chi connectivity index (χ3n) is 7.12. The maximum Gasteiger partial charge on any atom is 0.273 e. The first kappa shape index (κ1) is 21.7. The van der Waals surface area contributed by atoms with Gasteiger partial charge in [-0.05, 0) is 48.7 Å². The SMILES string of the molecule is O=C(Nc1ccc2nccnc2c1)c1cnc2n1CCN(C(=O)C1(c3ccc(Cl)cc3)CCC1)C2. The zero-order chi connectivity index (χ0) is 24.0. The zero-order valence-corrected chi connectivity index (χ0v) is 19.7. The molecule has 1 N–H and O–H groups in total. The van der Waals surface area contributed by atoms with Crippen molar-refractivity contribution in [3.63, 3.8) is 0 Å². The predicted molar refractivity (Wildman–Crippen MR) is 132 cm³/mol. The van der Waals surface area contributed by atoms with E-state index >= 15 is 0 Å². The molecule has 2 aromatic heterocycles. The fourth-order valence-corrected chi connectivity index (χ4v) is 5.20. The fraction of sp³-hybridized carbons (Fsp3) is 0.269. The Morgan fingerprint density at radius 1 is 0.943 bits per heavy atom. The molecule has 3 heterocycles. The van der Waals surface area contributed by atoms with Gasteiger partial charge in [0.1, 0.15) is 11.5 Å². The average Bonchev–Trinajstić information content (AvgIpc) is 3.28. The van der Waals surface area contributed by atoms with Crippen molar-refractivity contribution in [1.82, 2.24) is 24.4 Å². The first-order chi connectivity index (χ1) is 17.0. The molecule has 35 heavy (non-hydrogen) atoms. The number of nitrogens with zero attached hydrogens (tertiary/aromatic N) is 5. The maximum atomic E-state index is 13.7. The van der Waals surface area contributed by atoms with Crippen LogP contribution in [0.5, 0.6) is 0 Å². The number of hydrogen-bond acceptors (Lipinski definition) is 5.